The lowest BCUT2D eigenvalue weighted by Crippen LogP contribution is -2.38. The molecule has 2 saturated carbocycles. The van der Waals surface area contributed by atoms with Crippen molar-refractivity contribution in [1.82, 2.24) is 5.32 Å². The van der Waals surface area contributed by atoms with Gasteiger partial charge in [-0.15, -0.1) is 0 Å². The highest BCUT2D eigenvalue weighted by atomic mass is 14.9. The third-order valence-corrected chi connectivity index (χ3v) is 5.91. The zero-order valence-electron chi connectivity index (χ0n) is 12.8. The standard InChI is InChI=1S/C17H33N/c1-4-17(2,3)15-9-11-16(12-10-15)18-13-14-7-5-6-8-14/h14-16,18H,4-13H2,1-3H3. The summed E-state index contributed by atoms with van der Waals surface area (Å²) >= 11 is 0. The fourth-order valence-electron chi connectivity index (χ4n) is 3.92. The highest BCUT2D eigenvalue weighted by molar-refractivity contribution is 4.85. The van der Waals surface area contributed by atoms with Gasteiger partial charge in [0.15, 0.2) is 0 Å². The molecule has 106 valence electrons. The Morgan fingerprint density at radius 3 is 2.11 bits per heavy atom. The van der Waals surface area contributed by atoms with Crippen LogP contribution in [0.4, 0.5) is 0 Å². The maximum atomic E-state index is 3.85. The van der Waals surface area contributed by atoms with Crippen LogP contribution in [-0.4, -0.2) is 12.6 Å². The first-order valence-electron chi connectivity index (χ1n) is 8.35. The highest BCUT2D eigenvalue weighted by Gasteiger charge is 2.31. The molecule has 18 heavy (non-hydrogen) atoms. The largest absolute Gasteiger partial charge is 0.314 e. The summed E-state index contributed by atoms with van der Waals surface area (Å²) in [5.74, 6) is 1.96. The lowest BCUT2D eigenvalue weighted by atomic mass is 9.69. The first-order valence-corrected chi connectivity index (χ1v) is 8.35. The monoisotopic (exact) mass is 251 g/mol. The Bertz CT molecular complexity index is 232. The van der Waals surface area contributed by atoms with Crippen molar-refractivity contribution in [3.05, 3.63) is 0 Å². The highest BCUT2D eigenvalue weighted by Crippen LogP contribution is 2.40. The molecule has 0 radical (unpaired) electrons. The summed E-state index contributed by atoms with van der Waals surface area (Å²) in [5.41, 5.74) is 0.566. The van der Waals surface area contributed by atoms with E-state index in [4.69, 9.17) is 0 Å². The van der Waals surface area contributed by atoms with Gasteiger partial charge in [0.05, 0.1) is 0 Å². The molecule has 2 fully saturated rings. The minimum atomic E-state index is 0.566. The molecule has 2 aliphatic carbocycles. The zero-order valence-corrected chi connectivity index (χ0v) is 12.8. The summed E-state index contributed by atoms with van der Waals surface area (Å²) in [7, 11) is 0. The second-order valence-corrected chi connectivity index (χ2v) is 7.45. The minimum absolute atomic E-state index is 0.566. The van der Waals surface area contributed by atoms with E-state index in [1.807, 2.05) is 0 Å². The summed E-state index contributed by atoms with van der Waals surface area (Å²) in [4.78, 5) is 0. The molecule has 1 nitrogen and oxygen atoms in total. The van der Waals surface area contributed by atoms with Crippen molar-refractivity contribution in [2.75, 3.05) is 6.54 Å². The van der Waals surface area contributed by atoms with Crippen molar-refractivity contribution >= 4 is 0 Å². The van der Waals surface area contributed by atoms with E-state index in [0.29, 0.717) is 5.41 Å². The van der Waals surface area contributed by atoms with Crippen LogP contribution in [0.25, 0.3) is 0 Å². The Hall–Kier alpha value is -0.0400. The van der Waals surface area contributed by atoms with Crippen LogP contribution in [0.5, 0.6) is 0 Å². The lowest BCUT2D eigenvalue weighted by Gasteiger charge is -2.39. The molecule has 0 aromatic carbocycles. The number of rotatable bonds is 5. The molecule has 0 aliphatic heterocycles. The topological polar surface area (TPSA) is 12.0 Å². The molecule has 0 aromatic rings. The van der Waals surface area contributed by atoms with Crippen LogP contribution in [0.15, 0.2) is 0 Å². The van der Waals surface area contributed by atoms with E-state index < -0.39 is 0 Å². The molecule has 0 heterocycles. The molecule has 0 saturated heterocycles. The minimum Gasteiger partial charge on any atom is -0.314 e. The van der Waals surface area contributed by atoms with E-state index in [1.165, 1.54) is 64.3 Å². The molecule has 1 heteroatoms. The first-order chi connectivity index (χ1) is 8.62. The van der Waals surface area contributed by atoms with Crippen molar-refractivity contribution in [2.45, 2.75) is 84.6 Å². The average molecular weight is 251 g/mol. The molecule has 0 spiro atoms. The van der Waals surface area contributed by atoms with Crippen LogP contribution in [0.3, 0.4) is 0 Å². The summed E-state index contributed by atoms with van der Waals surface area (Å²) in [6, 6.07) is 0.828. The van der Waals surface area contributed by atoms with Gasteiger partial charge in [0.1, 0.15) is 0 Å². The normalized spacial score (nSPS) is 30.8. The molecule has 2 rings (SSSR count). The Labute approximate surface area is 114 Å². The average Bonchev–Trinajstić information content (AvgIpc) is 2.90. The molecular weight excluding hydrogens is 218 g/mol. The van der Waals surface area contributed by atoms with Gasteiger partial charge in [-0.2, -0.15) is 0 Å². The third kappa shape index (κ3) is 3.73. The Morgan fingerprint density at radius 1 is 0.944 bits per heavy atom. The van der Waals surface area contributed by atoms with Gasteiger partial charge in [0.25, 0.3) is 0 Å². The van der Waals surface area contributed by atoms with Crippen LogP contribution < -0.4 is 5.32 Å². The van der Waals surface area contributed by atoms with E-state index in [0.717, 1.165) is 17.9 Å². The van der Waals surface area contributed by atoms with E-state index in [1.54, 1.807) is 0 Å². The van der Waals surface area contributed by atoms with E-state index in [9.17, 15) is 0 Å². The van der Waals surface area contributed by atoms with Crippen molar-refractivity contribution in [1.29, 1.82) is 0 Å². The van der Waals surface area contributed by atoms with Gasteiger partial charge in [0.2, 0.25) is 0 Å². The van der Waals surface area contributed by atoms with Crippen LogP contribution in [0.2, 0.25) is 0 Å². The molecular formula is C17H33N. The lowest BCUT2D eigenvalue weighted by molar-refractivity contribution is 0.136. The maximum Gasteiger partial charge on any atom is 0.00673 e. The van der Waals surface area contributed by atoms with Crippen molar-refractivity contribution in [3.63, 3.8) is 0 Å². The number of nitrogens with one attached hydrogen (secondary N) is 1. The number of hydrogen-bond acceptors (Lipinski definition) is 1. The molecule has 1 N–H and O–H groups in total. The van der Waals surface area contributed by atoms with Gasteiger partial charge in [-0.05, 0) is 62.3 Å². The maximum absolute atomic E-state index is 3.85. The van der Waals surface area contributed by atoms with Gasteiger partial charge in [-0.3, -0.25) is 0 Å². The second-order valence-electron chi connectivity index (χ2n) is 7.45. The SMILES string of the molecule is CCC(C)(C)C1CCC(NCC2CCCC2)CC1. The van der Waals surface area contributed by atoms with E-state index >= 15 is 0 Å². The summed E-state index contributed by atoms with van der Waals surface area (Å²) in [6.45, 7) is 8.57. The van der Waals surface area contributed by atoms with Gasteiger partial charge in [-0.25, -0.2) is 0 Å². The van der Waals surface area contributed by atoms with E-state index in [-0.39, 0.29) is 0 Å². The Kier molecular flexibility index (Phi) is 5.12. The smallest absolute Gasteiger partial charge is 0.00673 e. The number of hydrogen-bond donors (Lipinski definition) is 1. The first kappa shape index (κ1) is 14.4. The summed E-state index contributed by atoms with van der Waals surface area (Å²) < 4.78 is 0. The fraction of sp³-hybridized carbons (Fsp3) is 1.00. The Morgan fingerprint density at radius 2 is 1.56 bits per heavy atom. The Balaban J connectivity index is 1.66. The van der Waals surface area contributed by atoms with Crippen molar-refractivity contribution in [3.8, 4) is 0 Å². The zero-order chi connectivity index (χ0) is 13.0. The predicted octanol–water partition coefficient (Wildman–Crippen LogP) is 4.76. The molecule has 2 aliphatic rings. The third-order valence-electron chi connectivity index (χ3n) is 5.91. The van der Waals surface area contributed by atoms with Crippen LogP contribution in [0, 0.1) is 17.3 Å². The van der Waals surface area contributed by atoms with Crippen molar-refractivity contribution < 1.29 is 0 Å². The van der Waals surface area contributed by atoms with Crippen molar-refractivity contribution in [2.24, 2.45) is 17.3 Å². The van der Waals surface area contributed by atoms with Gasteiger partial charge < -0.3 is 5.32 Å². The molecule has 0 amide bonds. The second kappa shape index (κ2) is 6.41. The molecule has 0 atom stereocenters. The summed E-state index contributed by atoms with van der Waals surface area (Å²) in [6.07, 6.45) is 13.0. The molecule has 0 aromatic heterocycles. The van der Waals surface area contributed by atoms with E-state index in [2.05, 4.69) is 26.1 Å². The van der Waals surface area contributed by atoms with Gasteiger partial charge >= 0.3 is 0 Å². The predicted molar refractivity (Wildman–Crippen MR) is 79.8 cm³/mol. The van der Waals surface area contributed by atoms with Crippen LogP contribution in [-0.2, 0) is 0 Å². The summed E-state index contributed by atoms with van der Waals surface area (Å²) in [5, 5.41) is 3.85. The molecule has 0 bridgehead atoms. The van der Waals surface area contributed by atoms with Crippen LogP contribution >= 0.6 is 0 Å². The van der Waals surface area contributed by atoms with Gasteiger partial charge in [-0.1, -0.05) is 40.0 Å². The molecule has 0 unspecified atom stereocenters. The van der Waals surface area contributed by atoms with Gasteiger partial charge in [0, 0.05) is 6.04 Å². The fourth-order valence-corrected chi connectivity index (χ4v) is 3.92. The quantitative estimate of drug-likeness (QED) is 0.743. The van der Waals surface area contributed by atoms with Crippen LogP contribution in [0.1, 0.15) is 78.6 Å².